The van der Waals surface area contributed by atoms with Crippen molar-refractivity contribution in [1.82, 2.24) is 0 Å². The topological polar surface area (TPSA) is 86.6 Å². The summed E-state index contributed by atoms with van der Waals surface area (Å²) < 4.78 is 33.6. The van der Waals surface area contributed by atoms with Gasteiger partial charge in [-0.3, -0.25) is 0 Å². The summed E-state index contributed by atoms with van der Waals surface area (Å²) in [5.41, 5.74) is 4.94. The maximum Gasteiger partial charge on any atom is 0.488 e. The molecule has 0 aromatic heterocycles. The van der Waals surface area contributed by atoms with Gasteiger partial charge in [0.05, 0.1) is 33.0 Å². The molecule has 1 heterocycles. The van der Waals surface area contributed by atoms with Crippen LogP contribution < -0.4 is 5.46 Å². The molecule has 258 valence electrons. The summed E-state index contributed by atoms with van der Waals surface area (Å²) in [5.74, 6) is 0.461. The first kappa shape index (κ1) is 36.0. The molecule has 0 spiro atoms. The van der Waals surface area contributed by atoms with Crippen LogP contribution in [-0.4, -0.2) is 53.6 Å². The van der Waals surface area contributed by atoms with E-state index in [0.29, 0.717) is 37.6 Å². The molecule has 0 saturated carbocycles. The molecule has 1 fully saturated rings. The van der Waals surface area contributed by atoms with Crippen LogP contribution in [0.3, 0.4) is 0 Å². The van der Waals surface area contributed by atoms with E-state index < -0.39 is 37.0 Å². The largest absolute Gasteiger partial charge is 0.488 e. The fourth-order valence-corrected chi connectivity index (χ4v) is 7.22. The second-order valence-corrected chi connectivity index (χ2v) is 13.3. The van der Waals surface area contributed by atoms with E-state index in [4.69, 9.17) is 23.7 Å². The first-order valence-electron chi connectivity index (χ1n) is 16.9. The minimum absolute atomic E-state index is 0.272. The van der Waals surface area contributed by atoms with E-state index in [1.807, 2.05) is 133 Å². The highest BCUT2D eigenvalue weighted by molar-refractivity contribution is 7.99. The fourth-order valence-electron chi connectivity index (χ4n) is 5.97. The zero-order valence-electron chi connectivity index (χ0n) is 27.9. The van der Waals surface area contributed by atoms with Crippen LogP contribution >= 0.6 is 11.8 Å². The van der Waals surface area contributed by atoms with Crippen LogP contribution in [-0.2, 0) is 55.9 Å². The van der Waals surface area contributed by atoms with E-state index in [1.165, 1.54) is 0 Å². The quantitative estimate of drug-likeness (QED) is 0.110. The van der Waals surface area contributed by atoms with Crippen molar-refractivity contribution < 1.29 is 33.7 Å². The standard InChI is InChI=1S/C41H43BO7S/c43-42(44)36-24-14-13-23-35(36)30-50-41-40(48-28-34-21-11-4-12-22-34)39(47-27-33-19-9-3-10-20-33)38(46-26-32-17-7-2-8-18-32)37(49-41)29-45-25-31-15-5-1-6-16-31/h1-24,37-41,43-44H,25-30H2/t37-,38-,39+,40-,41+/m1/s1. The lowest BCUT2D eigenvalue weighted by molar-refractivity contribution is -0.254. The monoisotopic (exact) mass is 690 g/mol. The van der Waals surface area contributed by atoms with Crippen molar-refractivity contribution in [3.05, 3.63) is 173 Å². The number of hydrogen-bond acceptors (Lipinski definition) is 8. The Kier molecular flexibility index (Phi) is 13.7. The smallest absolute Gasteiger partial charge is 0.423 e. The summed E-state index contributed by atoms with van der Waals surface area (Å²) in [6, 6.07) is 47.6. The first-order chi connectivity index (χ1) is 24.6. The van der Waals surface area contributed by atoms with E-state index in [9.17, 15) is 10.0 Å². The summed E-state index contributed by atoms with van der Waals surface area (Å²) in [7, 11) is -1.58. The van der Waals surface area contributed by atoms with Gasteiger partial charge in [-0.1, -0.05) is 146 Å². The molecule has 7 nitrogen and oxygen atoms in total. The average Bonchev–Trinajstić information content (AvgIpc) is 3.17. The van der Waals surface area contributed by atoms with Gasteiger partial charge in [0, 0.05) is 5.75 Å². The van der Waals surface area contributed by atoms with Crippen molar-refractivity contribution in [2.75, 3.05) is 6.61 Å². The van der Waals surface area contributed by atoms with E-state index in [-0.39, 0.29) is 6.61 Å². The van der Waals surface area contributed by atoms with Crippen LogP contribution in [0.1, 0.15) is 27.8 Å². The van der Waals surface area contributed by atoms with Gasteiger partial charge in [0.25, 0.3) is 0 Å². The third-order valence-corrected chi connectivity index (χ3v) is 9.76. The van der Waals surface area contributed by atoms with Crippen LogP contribution in [0.4, 0.5) is 0 Å². The Morgan fingerprint density at radius 3 is 1.48 bits per heavy atom. The zero-order valence-corrected chi connectivity index (χ0v) is 28.7. The number of ether oxygens (including phenoxy) is 5. The Morgan fingerprint density at radius 1 is 0.520 bits per heavy atom. The summed E-state index contributed by atoms with van der Waals surface area (Å²) in [6.45, 7) is 1.77. The van der Waals surface area contributed by atoms with Crippen molar-refractivity contribution in [1.29, 1.82) is 0 Å². The molecule has 5 atom stereocenters. The zero-order chi connectivity index (χ0) is 34.4. The van der Waals surface area contributed by atoms with E-state index in [0.717, 1.165) is 27.8 Å². The molecule has 1 aliphatic rings. The Labute approximate surface area is 299 Å². The van der Waals surface area contributed by atoms with Crippen LogP contribution in [0.25, 0.3) is 0 Å². The number of thioether (sulfide) groups is 1. The van der Waals surface area contributed by atoms with Crippen LogP contribution in [0.5, 0.6) is 0 Å². The van der Waals surface area contributed by atoms with Crippen molar-refractivity contribution in [2.45, 2.75) is 62.0 Å². The van der Waals surface area contributed by atoms with Crippen molar-refractivity contribution >= 4 is 24.3 Å². The van der Waals surface area contributed by atoms with Gasteiger partial charge in [0.1, 0.15) is 29.9 Å². The molecule has 5 aromatic carbocycles. The van der Waals surface area contributed by atoms with Gasteiger partial charge in [-0.15, -0.1) is 11.8 Å². The SMILES string of the molecule is OB(O)c1ccccc1CS[C@@H]1O[C@H](COCc2ccccc2)[C@@H](OCc2ccccc2)[C@H](OCc2ccccc2)[C@H]1OCc1ccccc1. The second kappa shape index (κ2) is 19.0. The molecule has 1 aliphatic heterocycles. The third-order valence-electron chi connectivity index (χ3n) is 8.58. The lowest BCUT2D eigenvalue weighted by Gasteiger charge is -2.46. The van der Waals surface area contributed by atoms with Gasteiger partial charge in [-0.2, -0.15) is 0 Å². The first-order valence-corrected chi connectivity index (χ1v) is 18.0. The Morgan fingerprint density at radius 2 is 0.960 bits per heavy atom. The van der Waals surface area contributed by atoms with Gasteiger partial charge in [0.15, 0.2) is 0 Å². The highest BCUT2D eigenvalue weighted by Crippen LogP contribution is 2.36. The number of benzene rings is 5. The van der Waals surface area contributed by atoms with E-state index >= 15 is 0 Å². The predicted molar refractivity (Wildman–Crippen MR) is 197 cm³/mol. The molecule has 5 aromatic rings. The summed E-state index contributed by atoms with van der Waals surface area (Å²) in [6.07, 6.45) is -2.09. The molecule has 1 saturated heterocycles. The molecule has 0 amide bonds. The molecule has 50 heavy (non-hydrogen) atoms. The van der Waals surface area contributed by atoms with Crippen LogP contribution in [0.15, 0.2) is 146 Å². The minimum atomic E-state index is -1.58. The summed E-state index contributed by atoms with van der Waals surface area (Å²) in [4.78, 5) is 0. The summed E-state index contributed by atoms with van der Waals surface area (Å²) >= 11 is 1.54. The number of rotatable bonds is 17. The highest BCUT2D eigenvalue weighted by atomic mass is 32.2. The Bertz CT molecular complexity index is 1680. The maximum absolute atomic E-state index is 10.1. The molecule has 0 aliphatic carbocycles. The van der Waals surface area contributed by atoms with Crippen LogP contribution in [0.2, 0.25) is 0 Å². The van der Waals surface area contributed by atoms with E-state index in [1.54, 1.807) is 23.9 Å². The lowest BCUT2D eigenvalue weighted by atomic mass is 9.77. The molecule has 6 rings (SSSR count). The van der Waals surface area contributed by atoms with Gasteiger partial charge >= 0.3 is 7.12 Å². The predicted octanol–water partition coefficient (Wildman–Crippen LogP) is 6.30. The normalized spacial score (nSPS) is 20.4. The molecular formula is C41H43BO7S. The Hall–Kier alpha value is -3.77. The van der Waals surface area contributed by atoms with Gasteiger partial charge in [0.2, 0.25) is 0 Å². The molecule has 0 bridgehead atoms. The van der Waals surface area contributed by atoms with Gasteiger partial charge in [-0.25, -0.2) is 0 Å². The Balaban J connectivity index is 1.32. The van der Waals surface area contributed by atoms with Crippen molar-refractivity contribution in [2.24, 2.45) is 0 Å². The van der Waals surface area contributed by atoms with Gasteiger partial charge in [-0.05, 0) is 33.3 Å². The average molecular weight is 691 g/mol. The van der Waals surface area contributed by atoms with Crippen molar-refractivity contribution in [3.8, 4) is 0 Å². The highest BCUT2D eigenvalue weighted by Gasteiger charge is 2.48. The van der Waals surface area contributed by atoms with Gasteiger partial charge < -0.3 is 33.7 Å². The maximum atomic E-state index is 10.1. The third kappa shape index (κ3) is 10.4. The second-order valence-electron chi connectivity index (χ2n) is 12.2. The lowest BCUT2D eigenvalue weighted by Crippen LogP contribution is -2.60. The molecular weight excluding hydrogens is 647 g/mol. The summed E-state index contributed by atoms with van der Waals surface area (Å²) in [5, 5.41) is 20.2. The minimum Gasteiger partial charge on any atom is -0.423 e. The van der Waals surface area contributed by atoms with Crippen LogP contribution in [0, 0.1) is 0 Å². The molecule has 0 radical (unpaired) electrons. The van der Waals surface area contributed by atoms with Crippen molar-refractivity contribution in [3.63, 3.8) is 0 Å². The number of hydrogen-bond donors (Lipinski definition) is 2. The molecule has 2 N–H and O–H groups in total. The molecule has 9 heteroatoms. The van der Waals surface area contributed by atoms with E-state index in [2.05, 4.69) is 0 Å². The molecule has 0 unspecified atom stereocenters. The fraction of sp³-hybridized carbons (Fsp3) is 0.268.